The van der Waals surface area contributed by atoms with Crippen molar-refractivity contribution in [2.24, 2.45) is 0 Å². The van der Waals surface area contributed by atoms with Crippen molar-refractivity contribution in [3.05, 3.63) is 163 Å². The Kier molecular flexibility index (Phi) is 5.58. The Labute approximate surface area is 262 Å². The van der Waals surface area contributed by atoms with E-state index in [-0.39, 0.29) is 5.41 Å². The van der Waals surface area contributed by atoms with Crippen molar-refractivity contribution in [3.8, 4) is 22.3 Å². The standard InChI is InChI=1S/C43H31NO/c1-43(2)34-21-10-8-19-32(34)40-35(43)22-13-24-37(40)44(36-23-12-17-28-16-6-7-18-30(28)36)38-27-26-31(29-14-4-3-5-15-29)42-41(38)33-20-9-11-25-39(33)45-42/h3-27H,1-2H3. The average molecular weight is 578 g/mol. The number of hydrogen-bond donors (Lipinski definition) is 0. The van der Waals surface area contributed by atoms with Gasteiger partial charge in [-0.25, -0.2) is 0 Å². The fourth-order valence-corrected chi connectivity index (χ4v) is 7.56. The third-order valence-electron chi connectivity index (χ3n) is 9.66. The fraction of sp³-hybridized carbons (Fsp3) is 0.0698. The molecule has 0 amide bonds. The Balaban J connectivity index is 1.43. The maximum Gasteiger partial charge on any atom is 0.145 e. The van der Waals surface area contributed by atoms with E-state index in [0.717, 1.165) is 44.4 Å². The Hall–Kier alpha value is -5.60. The first kappa shape index (κ1) is 25.9. The van der Waals surface area contributed by atoms with Gasteiger partial charge in [-0.05, 0) is 58.0 Å². The van der Waals surface area contributed by atoms with Gasteiger partial charge in [0, 0.05) is 27.3 Å². The summed E-state index contributed by atoms with van der Waals surface area (Å²) in [6.07, 6.45) is 0. The molecule has 7 aromatic carbocycles. The summed E-state index contributed by atoms with van der Waals surface area (Å²) in [5.41, 5.74) is 12.6. The summed E-state index contributed by atoms with van der Waals surface area (Å²) in [7, 11) is 0. The maximum absolute atomic E-state index is 6.74. The highest BCUT2D eigenvalue weighted by Crippen LogP contribution is 2.56. The lowest BCUT2D eigenvalue weighted by molar-refractivity contribution is 0.660. The molecule has 1 aliphatic rings. The predicted molar refractivity (Wildman–Crippen MR) is 189 cm³/mol. The smallest absolute Gasteiger partial charge is 0.145 e. The van der Waals surface area contributed by atoms with Gasteiger partial charge in [0.05, 0.1) is 22.4 Å². The van der Waals surface area contributed by atoms with Gasteiger partial charge in [0.15, 0.2) is 0 Å². The Morgan fingerprint density at radius 3 is 2.04 bits per heavy atom. The predicted octanol–water partition coefficient (Wildman–Crippen LogP) is 12.2. The molecule has 214 valence electrons. The highest BCUT2D eigenvalue weighted by atomic mass is 16.3. The molecule has 0 saturated heterocycles. The quantitative estimate of drug-likeness (QED) is 0.207. The molecular formula is C43H31NO. The van der Waals surface area contributed by atoms with E-state index >= 15 is 0 Å². The first-order valence-corrected chi connectivity index (χ1v) is 15.6. The maximum atomic E-state index is 6.74. The summed E-state index contributed by atoms with van der Waals surface area (Å²) in [5.74, 6) is 0. The van der Waals surface area contributed by atoms with Crippen molar-refractivity contribution >= 4 is 49.8 Å². The summed E-state index contributed by atoms with van der Waals surface area (Å²) in [5, 5.41) is 4.64. The molecule has 0 unspecified atom stereocenters. The zero-order chi connectivity index (χ0) is 30.1. The van der Waals surface area contributed by atoms with Crippen molar-refractivity contribution < 1.29 is 4.42 Å². The highest BCUT2D eigenvalue weighted by Gasteiger charge is 2.38. The number of anilines is 3. The van der Waals surface area contributed by atoms with Crippen LogP contribution in [-0.4, -0.2) is 0 Å². The minimum Gasteiger partial charge on any atom is -0.455 e. The van der Waals surface area contributed by atoms with Gasteiger partial charge < -0.3 is 9.32 Å². The van der Waals surface area contributed by atoms with Gasteiger partial charge in [0.1, 0.15) is 11.2 Å². The first-order chi connectivity index (χ1) is 22.1. The van der Waals surface area contributed by atoms with Gasteiger partial charge in [-0.3, -0.25) is 0 Å². The van der Waals surface area contributed by atoms with Crippen molar-refractivity contribution in [2.45, 2.75) is 19.3 Å². The van der Waals surface area contributed by atoms with Crippen molar-refractivity contribution in [2.75, 3.05) is 4.90 Å². The largest absolute Gasteiger partial charge is 0.455 e. The van der Waals surface area contributed by atoms with E-state index in [0.29, 0.717) is 0 Å². The second kappa shape index (κ2) is 9.70. The van der Waals surface area contributed by atoms with Crippen LogP contribution in [0, 0.1) is 0 Å². The van der Waals surface area contributed by atoms with E-state index in [1.54, 1.807) is 0 Å². The molecule has 0 atom stereocenters. The lowest BCUT2D eigenvalue weighted by atomic mass is 9.82. The zero-order valence-corrected chi connectivity index (χ0v) is 25.3. The van der Waals surface area contributed by atoms with Gasteiger partial charge in [0.2, 0.25) is 0 Å². The minimum absolute atomic E-state index is 0.110. The lowest BCUT2D eigenvalue weighted by Crippen LogP contribution is -2.16. The SMILES string of the molecule is CC1(C)c2ccccc2-c2c(N(c3cccc4ccccc34)c3ccc(-c4ccccc4)c4oc5ccccc5c34)cccc21. The number of fused-ring (bicyclic) bond motifs is 7. The van der Waals surface area contributed by atoms with Crippen LogP contribution in [0.15, 0.2) is 156 Å². The molecule has 1 heterocycles. The highest BCUT2D eigenvalue weighted by molar-refractivity contribution is 6.18. The molecule has 2 nitrogen and oxygen atoms in total. The van der Waals surface area contributed by atoms with Gasteiger partial charge in [0.25, 0.3) is 0 Å². The molecule has 0 saturated carbocycles. The van der Waals surface area contributed by atoms with Crippen molar-refractivity contribution in [1.82, 2.24) is 0 Å². The van der Waals surface area contributed by atoms with E-state index in [4.69, 9.17) is 4.42 Å². The summed E-state index contributed by atoms with van der Waals surface area (Å²) in [4.78, 5) is 2.48. The topological polar surface area (TPSA) is 16.4 Å². The van der Waals surface area contributed by atoms with Crippen LogP contribution in [0.5, 0.6) is 0 Å². The van der Waals surface area contributed by atoms with Crippen molar-refractivity contribution in [3.63, 3.8) is 0 Å². The zero-order valence-electron chi connectivity index (χ0n) is 25.3. The van der Waals surface area contributed by atoms with Crippen molar-refractivity contribution in [1.29, 1.82) is 0 Å². The summed E-state index contributed by atoms with van der Waals surface area (Å²) >= 11 is 0. The fourth-order valence-electron chi connectivity index (χ4n) is 7.56. The molecule has 8 aromatic rings. The molecule has 0 aliphatic heterocycles. The monoisotopic (exact) mass is 577 g/mol. The van der Waals surface area contributed by atoms with Gasteiger partial charge >= 0.3 is 0 Å². The first-order valence-electron chi connectivity index (χ1n) is 15.6. The van der Waals surface area contributed by atoms with Crippen LogP contribution in [0.4, 0.5) is 17.1 Å². The molecule has 2 heteroatoms. The molecule has 0 fully saturated rings. The number of benzene rings is 7. The van der Waals surface area contributed by atoms with Crippen LogP contribution in [0.1, 0.15) is 25.0 Å². The Morgan fingerprint density at radius 1 is 0.489 bits per heavy atom. The molecule has 0 radical (unpaired) electrons. The average Bonchev–Trinajstić information content (AvgIpc) is 3.59. The molecular weight excluding hydrogens is 546 g/mol. The van der Waals surface area contributed by atoms with Crippen LogP contribution in [0.2, 0.25) is 0 Å². The molecule has 1 aliphatic carbocycles. The second-order valence-corrected chi connectivity index (χ2v) is 12.5. The number of nitrogens with zero attached hydrogens (tertiary/aromatic N) is 1. The third kappa shape index (κ3) is 3.76. The molecule has 0 bridgehead atoms. The second-order valence-electron chi connectivity index (χ2n) is 12.5. The Bertz CT molecular complexity index is 2410. The van der Waals surface area contributed by atoms with Gasteiger partial charge in [-0.2, -0.15) is 0 Å². The molecule has 9 rings (SSSR count). The van der Waals surface area contributed by atoms with Crippen LogP contribution in [0.25, 0.3) is 55.0 Å². The number of para-hydroxylation sites is 1. The minimum atomic E-state index is -0.110. The van der Waals surface area contributed by atoms with Gasteiger partial charge in [-0.15, -0.1) is 0 Å². The number of hydrogen-bond acceptors (Lipinski definition) is 2. The molecule has 0 N–H and O–H groups in total. The van der Waals surface area contributed by atoms with Crippen LogP contribution in [-0.2, 0) is 5.41 Å². The summed E-state index contributed by atoms with van der Waals surface area (Å²) in [6.45, 7) is 4.69. The summed E-state index contributed by atoms with van der Waals surface area (Å²) < 4.78 is 6.74. The normalized spacial score (nSPS) is 13.3. The van der Waals surface area contributed by atoms with E-state index in [1.807, 2.05) is 0 Å². The Morgan fingerprint density at radius 2 is 1.16 bits per heavy atom. The van der Waals surface area contributed by atoms with E-state index in [9.17, 15) is 0 Å². The van der Waals surface area contributed by atoms with Crippen LogP contribution < -0.4 is 4.90 Å². The van der Waals surface area contributed by atoms with Gasteiger partial charge in [-0.1, -0.05) is 135 Å². The molecule has 45 heavy (non-hydrogen) atoms. The molecule has 1 aromatic heterocycles. The van der Waals surface area contributed by atoms with E-state index < -0.39 is 0 Å². The van der Waals surface area contributed by atoms with Crippen LogP contribution >= 0.6 is 0 Å². The number of furan rings is 1. The lowest BCUT2D eigenvalue weighted by Gasteiger charge is -2.30. The third-order valence-corrected chi connectivity index (χ3v) is 9.66. The van der Waals surface area contributed by atoms with E-state index in [2.05, 4.69) is 170 Å². The molecule has 0 spiro atoms. The van der Waals surface area contributed by atoms with Crippen LogP contribution in [0.3, 0.4) is 0 Å². The van der Waals surface area contributed by atoms with E-state index in [1.165, 1.54) is 38.7 Å². The number of rotatable bonds is 4. The summed E-state index contributed by atoms with van der Waals surface area (Å²) in [6, 6.07) is 54.6.